The molecule has 0 aliphatic rings. The Morgan fingerprint density at radius 3 is 2.31 bits per heavy atom. The van der Waals surface area contributed by atoms with Crippen LogP contribution in [0.3, 0.4) is 0 Å². The molecule has 0 radical (unpaired) electrons. The summed E-state index contributed by atoms with van der Waals surface area (Å²) >= 11 is 0. The maximum Gasteiger partial charge on any atom is 0.197 e. The topological polar surface area (TPSA) is 26.3 Å². The largest absolute Gasteiger partial charge is 0.371 e. The predicted octanol–water partition coefficient (Wildman–Crippen LogP) is 2.88. The highest BCUT2D eigenvalue weighted by Gasteiger charge is 2.31. The molecular weight excluding hydrogens is 214 g/mol. The first-order valence-electron chi connectivity index (χ1n) is 4.86. The number of ether oxygens (including phenoxy) is 1. The number of carbonyl (C=O) groups excluding carboxylic acids is 1. The summed E-state index contributed by atoms with van der Waals surface area (Å²) in [5.74, 6) is -2.68. The highest BCUT2D eigenvalue weighted by Crippen LogP contribution is 2.22. The lowest BCUT2D eigenvalue weighted by Crippen LogP contribution is -2.34. The minimum Gasteiger partial charge on any atom is -0.371 e. The zero-order valence-electron chi connectivity index (χ0n) is 9.73. The van der Waals surface area contributed by atoms with Gasteiger partial charge in [-0.05, 0) is 32.4 Å². The van der Waals surface area contributed by atoms with E-state index in [4.69, 9.17) is 4.74 Å². The summed E-state index contributed by atoms with van der Waals surface area (Å²) in [6.07, 6.45) is 0. The Hall–Kier alpha value is -1.29. The van der Waals surface area contributed by atoms with Crippen LogP contribution in [0.1, 0.15) is 29.8 Å². The summed E-state index contributed by atoms with van der Waals surface area (Å²) in [4.78, 5) is 11.9. The lowest BCUT2D eigenvalue weighted by molar-refractivity contribution is 0.0224. The van der Waals surface area contributed by atoms with E-state index in [2.05, 4.69) is 0 Å². The number of hydrogen-bond acceptors (Lipinski definition) is 2. The molecule has 0 aromatic heterocycles. The van der Waals surface area contributed by atoms with E-state index >= 15 is 0 Å². The summed E-state index contributed by atoms with van der Waals surface area (Å²) in [5.41, 5.74) is -1.28. The van der Waals surface area contributed by atoms with E-state index in [1.54, 1.807) is 0 Å². The molecule has 0 saturated heterocycles. The Morgan fingerprint density at radius 1 is 1.25 bits per heavy atom. The van der Waals surface area contributed by atoms with Crippen molar-refractivity contribution >= 4 is 5.78 Å². The molecule has 16 heavy (non-hydrogen) atoms. The van der Waals surface area contributed by atoms with Gasteiger partial charge in [-0.15, -0.1) is 0 Å². The van der Waals surface area contributed by atoms with Gasteiger partial charge in [0.05, 0.1) is 5.56 Å². The van der Waals surface area contributed by atoms with Crippen molar-refractivity contribution in [1.29, 1.82) is 0 Å². The molecular formula is C12H14F2O2. The van der Waals surface area contributed by atoms with Crippen LogP contribution in [0.4, 0.5) is 8.78 Å². The van der Waals surface area contributed by atoms with Crippen molar-refractivity contribution in [2.24, 2.45) is 0 Å². The van der Waals surface area contributed by atoms with E-state index in [0.717, 1.165) is 0 Å². The fraction of sp³-hybridized carbons (Fsp3) is 0.417. The molecule has 0 bridgehead atoms. The molecule has 0 spiro atoms. The van der Waals surface area contributed by atoms with Gasteiger partial charge in [0.15, 0.2) is 17.4 Å². The first-order valence-corrected chi connectivity index (χ1v) is 4.86. The van der Waals surface area contributed by atoms with E-state index in [9.17, 15) is 13.6 Å². The van der Waals surface area contributed by atoms with E-state index in [1.807, 2.05) is 0 Å². The van der Waals surface area contributed by atoms with Crippen LogP contribution < -0.4 is 0 Å². The monoisotopic (exact) mass is 228 g/mol. The molecule has 0 saturated carbocycles. The second-order valence-corrected chi connectivity index (χ2v) is 4.10. The third-order valence-corrected chi connectivity index (χ3v) is 2.58. The van der Waals surface area contributed by atoms with Gasteiger partial charge in [0.2, 0.25) is 0 Å². The zero-order chi connectivity index (χ0) is 12.5. The van der Waals surface area contributed by atoms with Crippen LogP contribution in [0, 0.1) is 18.6 Å². The van der Waals surface area contributed by atoms with Gasteiger partial charge in [-0.2, -0.15) is 0 Å². The van der Waals surface area contributed by atoms with Gasteiger partial charge in [0.25, 0.3) is 0 Å². The van der Waals surface area contributed by atoms with Crippen LogP contribution in [0.15, 0.2) is 12.1 Å². The number of ketones is 1. The molecule has 0 fully saturated rings. The van der Waals surface area contributed by atoms with Crippen LogP contribution in [-0.2, 0) is 4.74 Å². The summed E-state index contributed by atoms with van der Waals surface area (Å²) in [6.45, 7) is 4.45. The van der Waals surface area contributed by atoms with E-state index < -0.39 is 23.0 Å². The van der Waals surface area contributed by atoms with Crippen molar-refractivity contribution < 1.29 is 18.3 Å². The third-order valence-electron chi connectivity index (χ3n) is 2.58. The average molecular weight is 228 g/mol. The molecule has 0 atom stereocenters. The van der Waals surface area contributed by atoms with E-state index in [1.165, 1.54) is 40.0 Å². The second kappa shape index (κ2) is 4.29. The molecule has 2 nitrogen and oxygen atoms in total. The van der Waals surface area contributed by atoms with E-state index in [-0.39, 0.29) is 11.1 Å². The number of Topliss-reactive ketones (excluding diaryl/α,β-unsaturated/α-hetero) is 1. The van der Waals surface area contributed by atoms with Crippen molar-refractivity contribution in [2.75, 3.05) is 7.11 Å². The summed E-state index contributed by atoms with van der Waals surface area (Å²) in [7, 11) is 1.35. The Morgan fingerprint density at radius 2 is 1.81 bits per heavy atom. The normalized spacial score (nSPS) is 11.6. The number of rotatable bonds is 3. The van der Waals surface area contributed by atoms with Crippen molar-refractivity contribution in [1.82, 2.24) is 0 Å². The first kappa shape index (κ1) is 12.8. The molecule has 0 aliphatic heterocycles. The molecule has 88 valence electrons. The quantitative estimate of drug-likeness (QED) is 0.743. The maximum absolute atomic E-state index is 13.5. The van der Waals surface area contributed by atoms with Gasteiger partial charge in [0, 0.05) is 7.11 Å². The van der Waals surface area contributed by atoms with Crippen LogP contribution >= 0.6 is 0 Å². The van der Waals surface area contributed by atoms with Crippen LogP contribution in [0.5, 0.6) is 0 Å². The SMILES string of the molecule is COC(C)(C)C(=O)c1ccc(C)c(F)c1F. The molecule has 0 aliphatic carbocycles. The van der Waals surface area contributed by atoms with Gasteiger partial charge in [-0.1, -0.05) is 6.07 Å². The Bertz CT molecular complexity index is 425. The molecule has 0 amide bonds. The van der Waals surface area contributed by atoms with Crippen molar-refractivity contribution in [3.8, 4) is 0 Å². The lowest BCUT2D eigenvalue weighted by atomic mass is 9.95. The number of benzene rings is 1. The Labute approximate surface area is 93.2 Å². The van der Waals surface area contributed by atoms with Gasteiger partial charge in [0.1, 0.15) is 5.60 Å². The van der Waals surface area contributed by atoms with Gasteiger partial charge in [-0.3, -0.25) is 4.79 Å². The Kier molecular flexibility index (Phi) is 3.43. The zero-order valence-corrected chi connectivity index (χ0v) is 9.73. The van der Waals surface area contributed by atoms with Crippen molar-refractivity contribution in [2.45, 2.75) is 26.4 Å². The number of carbonyl (C=O) groups is 1. The smallest absolute Gasteiger partial charge is 0.197 e. The first-order chi connectivity index (χ1) is 7.31. The highest BCUT2D eigenvalue weighted by molar-refractivity contribution is 6.02. The predicted molar refractivity (Wildman–Crippen MR) is 56.5 cm³/mol. The maximum atomic E-state index is 13.5. The molecule has 0 N–H and O–H groups in total. The lowest BCUT2D eigenvalue weighted by Gasteiger charge is -2.21. The molecule has 0 heterocycles. The van der Waals surface area contributed by atoms with Crippen molar-refractivity contribution in [3.05, 3.63) is 34.9 Å². The minimum absolute atomic E-state index is 0.171. The van der Waals surface area contributed by atoms with Gasteiger partial charge >= 0.3 is 0 Å². The van der Waals surface area contributed by atoms with Crippen molar-refractivity contribution in [3.63, 3.8) is 0 Å². The Balaban J connectivity index is 3.26. The summed E-state index contributed by atoms with van der Waals surface area (Å²) in [5, 5.41) is 0. The number of methoxy groups -OCH3 is 1. The fourth-order valence-electron chi connectivity index (χ4n) is 1.24. The van der Waals surface area contributed by atoms with Crippen LogP contribution in [-0.4, -0.2) is 18.5 Å². The standard InChI is InChI=1S/C12H14F2O2/c1-7-5-6-8(10(14)9(7)13)11(15)12(2,3)16-4/h5-6H,1-4H3. The van der Waals surface area contributed by atoms with Gasteiger partial charge < -0.3 is 4.74 Å². The number of aryl methyl sites for hydroxylation is 1. The highest BCUT2D eigenvalue weighted by atomic mass is 19.2. The van der Waals surface area contributed by atoms with E-state index in [0.29, 0.717) is 0 Å². The summed E-state index contributed by atoms with van der Waals surface area (Å²) in [6, 6.07) is 2.65. The second-order valence-electron chi connectivity index (χ2n) is 4.10. The van der Waals surface area contributed by atoms with Crippen LogP contribution in [0.25, 0.3) is 0 Å². The number of halogens is 2. The van der Waals surface area contributed by atoms with Gasteiger partial charge in [-0.25, -0.2) is 8.78 Å². The summed E-state index contributed by atoms with van der Waals surface area (Å²) < 4.78 is 31.7. The molecule has 1 rings (SSSR count). The van der Waals surface area contributed by atoms with Crippen LogP contribution in [0.2, 0.25) is 0 Å². The molecule has 0 unspecified atom stereocenters. The molecule has 1 aromatic carbocycles. The number of hydrogen-bond donors (Lipinski definition) is 0. The fourth-order valence-corrected chi connectivity index (χ4v) is 1.24. The molecule has 4 heteroatoms. The molecule has 1 aromatic rings. The third kappa shape index (κ3) is 2.11. The minimum atomic E-state index is -1.16. The average Bonchev–Trinajstić information content (AvgIpc) is 2.25.